The molecule has 4 aliphatic rings. The van der Waals surface area contributed by atoms with Crippen molar-refractivity contribution >= 4 is 17.7 Å². The van der Waals surface area contributed by atoms with Crippen molar-refractivity contribution in [3.8, 4) is 0 Å². The van der Waals surface area contributed by atoms with E-state index in [1.165, 1.54) is 12.0 Å². The third kappa shape index (κ3) is 2.80. The van der Waals surface area contributed by atoms with Gasteiger partial charge in [0.05, 0.1) is 6.10 Å². The van der Waals surface area contributed by atoms with Crippen molar-refractivity contribution in [3.05, 3.63) is 23.3 Å². The Hall–Kier alpha value is 0.966. The van der Waals surface area contributed by atoms with E-state index < -0.39 is 0 Å². The van der Waals surface area contributed by atoms with Gasteiger partial charge >= 0.3 is 51.4 Å². The molecule has 2 nitrogen and oxygen atoms in total. The minimum atomic E-state index is -0.160. The smallest absolute Gasteiger partial charge is 0.742 e. The summed E-state index contributed by atoms with van der Waals surface area (Å²) in [6.45, 7) is 4.72. The first-order chi connectivity index (χ1) is 10.9. The fourth-order valence-electron chi connectivity index (χ4n) is 6.37. The summed E-state index contributed by atoms with van der Waals surface area (Å²) in [7, 11) is 0. The van der Waals surface area contributed by atoms with Crippen molar-refractivity contribution in [3.63, 3.8) is 0 Å². The minimum Gasteiger partial charge on any atom is -0.742 e. The van der Waals surface area contributed by atoms with Crippen LogP contribution in [0.3, 0.4) is 0 Å². The Kier molecular flexibility index (Phi) is 5.63. The summed E-state index contributed by atoms with van der Waals surface area (Å²) in [5.74, 6) is 1.21. The van der Waals surface area contributed by atoms with E-state index >= 15 is 0 Å². The van der Waals surface area contributed by atoms with Gasteiger partial charge in [-0.15, -0.1) is 0 Å². The molecule has 4 aliphatic carbocycles. The van der Waals surface area contributed by atoms with E-state index in [1.54, 1.807) is 5.57 Å². The van der Waals surface area contributed by atoms with E-state index in [9.17, 15) is 9.90 Å². The Bertz CT molecular complexity index is 613. The van der Waals surface area contributed by atoms with Crippen LogP contribution < -0.4 is 51.4 Å². The summed E-state index contributed by atoms with van der Waals surface area (Å²) in [5.41, 5.74) is 3.33. The zero-order chi connectivity index (χ0) is 16.4. The van der Waals surface area contributed by atoms with E-state index in [0.717, 1.165) is 38.5 Å². The fourth-order valence-corrected chi connectivity index (χ4v) is 6.76. The number of carbonyl (C=O) groups excluding carboxylic acids is 1. The minimum absolute atomic E-state index is 0. The van der Waals surface area contributed by atoms with Gasteiger partial charge in [-0.3, -0.25) is 0 Å². The Labute approximate surface area is 193 Å². The molecule has 0 aliphatic heterocycles. The van der Waals surface area contributed by atoms with Gasteiger partial charge in [0.2, 0.25) is 0 Å². The Balaban J connectivity index is 0.00000169. The number of aliphatic hydroxyl groups excluding tert-OH is 1. The number of hydrogen-bond donors (Lipinski definition) is 1. The molecular formula is C20H27KO2S. The van der Waals surface area contributed by atoms with Crippen LogP contribution in [0.25, 0.3) is 0 Å². The van der Waals surface area contributed by atoms with Crippen LogP contribution >= 0.6 is 0 Å². The van der Waals surface area contributed by atoms with E-state index in [2.05, 4.69) is 26.0 Å². The first-order valence-electron chi connectivity index (χ1n) is 9.16. The van der Waals surface area contributed by atoms with Crippen molar-refractivity contribution in [2.24, 2.45) is 28.6 Å². The molecule has 0 saturated heterocycles. The normalized spacial score (nSPS) is 46.6. The summed E-state index contributed by atoms with van der Waals surface area (Å²) in [4.78, 5) is 11.9. The number of hydrogen-bond acceptors (Lipinski definition) is 3. The van der Waals surface area contributed by atoms with Gasteiger partial charge in [0.25, 0.3) is 0 Å². The molecule has 0 aromatic rings. The Morgan fingerprint density at radius 1 is 1.12 bits per heavy atom. The Morgan fingerprint density at radius 2 is 1.88 bits per heavy atom. The van der Waals surface area contributed by atoms with Crippen LogP contribution in [0.4, 0.5) is 0 Å². The zero-order valence-electron chi connectivity index (χ0n) is 15.2. The molecule has 4 heteroatoms. The summed E-state index contributed by atoms with van der Waals surface area (Å²) in [6.07, 6.45) is 11.7. The molecule has 6 unspecified atom stereocenters. The van der Waals surface area contributed by atoms with Gasteiger partial charge in [0.1, 0.15) is 0 Å². The third-order valence-electron chi connectivity index (χ3n) is 7.83. The number of aliphatic hydroxyl groups is 1. The van der Waals surface area contributed by atoms with Crippen LogP contribution in [-0.2, 0) is 17.4 Å². The van der Waals surface area contributed by atoms with Crippen LogP contribution in [0.2, 0.25) is 0 Å². The standard InChI is InChI=1S/C20H28O2S.K/c1-19-9-7-13(21)11-12(19)3-4-14-15-5-6-17(18(22)23)20(15,2)10-8-16(14)19;/h3-4,13,15-17,21H,5-11H2,1-2H3,(H,22,23);/q;+1/p-1. The number of carbonyl (C=O) groups is 1. The molecule has 0 amide bonds. The molecule has 24 heavy (non-hydrogen) atoms. The summed E-state index contributed by atoms with van der Waals surface area (Å²) in [6, 6.07) is 0. The average molecular weight is 371 g/mol. The molecule has 0 spiro atoms. The zero-order valence-corrected chi connectivity index (χ0v) is 19.1. The molecule has 0 bridgehead atoms. The molecule has 0 heterocycles. The maximum atomic E-state index is 11.9. The predicted octanol–water partition coefficient (Wildman–Crippen LogP) is 0.924. The third-order valence-corrected chi connectivity index (χ3v) is 8.11. The molecule has 4 rings (SSSR count). The number of fused-ring (bicyclic) bond motifs is 5. The van der Waals surface area contributed by atoms with Crippen molar-refractivity contribution in [2.45, 2.75) is 64.9 Å². The van der Waals surface area contributed by atoms with Crippen LogP contribution in [-0.4, -0.2) is 16.3 Å². The van der Waals surface area contributed by atoms with E-state index in [1.807, 2.05) is 0 Å². The van der Waals surface area contributed by atoms with Gasteiger partial charge in [0, 0.05) is 11.0 Å². The molecule has 0 radical (unpaired) electrons. The van der Waals surface area contributed by atoms with Crippen molar-refractivity contribution in [1.29, 1.82) is 0 Å². The second-order valence-electron chi connectivity index (χ2n) is 8.77. The summed E-state index contributed by atoms with van der Waals surface area (Å²) in [5, 5.41) is 10.0. The topological polar surface area (TPSA) is 37.3 Å². The SMILES string of the molecule is CC12CCC(O)CC1=CC=C1C2CCC2(C)C(C(=O)[S-])CCC12.[K+]. The first kappa shape index (κ1) is 19.7. The second kappa shape index (κ2) is 6.85. The molecule has 3 fully saturated rings. The molecule has 126 valence electrons. The first-order valence-corrected chi connectivity index (χ1v) is 9.57. The largest absolute Gasteiger partial charge is 1.00 e. The number of rotatable bonds is 1. The van der Waals surface area contributed by atoms with Gasteiger partial charge in [0.15, 0.2) is 0 Å². The van der Waals surface area contributed by atoms with Gasteiger partial charge in [-0.05, 0) is 67.6 Å². The molecule has 1 N–H and O–H groups in total. The predicted molar refractivity (Wildman–Crippen MR) is 93.5 cm³/mol. The van der Waals surface area contributed by atoms with Crippen LogP contribution in [0.1, 0.15) is 58.8 Å². The maximum Gasteiger partial charge on any atom is 1.00 e. The van der Waals surface area contributed by atoms with E-state index in [4.69, 9.17) is 12.6 Å². The molecular weight excluding hydrogens is 343 g/mol. The molecule has 0 aromatic carbocycles. The number of allylic oxidation sites excluding steroid dienone is 3. The monoisotopic (exact) mass is 370 g/mol. The molecule has 3 saturated carbocycles. The molecule has 6 atom stereocenters. The quantitative estimate of drug-likeness (QED) is 0.551. The van der Waals surface area contributed by atoms with Gasteiger partial charge in [-0.25, -0.2) is 0 Å². The fraction of sp³-hybridized carbons (Fsp3) is 0.750. The van der Waals surface area contributed by atoms with Crippen LogP contribution in [0.15, 0.2) is 23.3 Å². The maximum absolute atomic E-state index is 11.9. The molecule has 0 aromatic heterocycles. The van der Waals surface area contributed by atoms with Gasteiger partial charge < -0.3 is 22.5 Å². The van der Waals surface area contributed by atoms with E-state index in [-0.39, 0.29) is 79.4 Å². The van der Waals surface area contributed by atoms with Crippen molar-refractivity contribution in [1.82, 2.24) is 0 Å². The summed E-state index contributed by atoms with van der Waals surface area (Å²) < 4.78 is 0. The van der Waals surface area contributed by atoms with Gasteiger partial charge in [-0.1, -0.05) is 37.1 Å². The van der Waals surface area contributed by atoms with Crippen LogP contribution in [0.5, 0.6) is 0 Å². The summed E-state index contributed by atoms with van der Waals surface area (Å²) >= 11 is 5.05. The van der Waals surface area contributed by atoms with Crippen molar-refractivity contribution in [2.75, 3.05) is 0 Å². The van der Waals surface area contributed by atoms with Crippen molar-refractivity contribution < 1.29 is 61.3 Å². The average Bonchev–Trinajstić information content (AvgIpc) is 2.85. The Morgan fingerprint density at radius 3 is 2.58 bits per heavy atom. The van der Waals surface area contributed by atoms with E-state index in [0.29, 0.717) is 11.8 Å². The second-order valence-corrected chi connectivity index (χ2v) is 9.17. The van der Waals surface area contributed by atoms with Crippen LogP contribution in [0, 0.1) is 28.6 Å². The van der Waals surface area contributed by atoms with Gasteiger partial charge in [-0.2, -0.15) is 0 Å².